The van der Waals surface area contributed by atoms with Gasteiger partial charge in [-0.1, -0.05) is 49.6 Å². The van der Waals surface area contributed by atoms with Crippen molar-refractivity contribution < 1.29 is 4.79 Å². The molecule has 2 aliphatic rings. The summed E-state index contributed by atoms with van der Waals surface area (Å²) >= 11 is 0. The number of carbonyl (C=O) groups is 1. The SMILES string of the molecule is O=C(NC1CCC12CCCCC2)c1cn[nH]c1-c1ccccc1. The number of hydrogen-bond donors (Lipinski definition) is 2. The fraction of sp³-hybridized carbons (Fsp3) is 0.474. The minimum absolute atomic E-state index is 0.00671. The van der Waals surface area contributed by atoms with E-state index in [0.717, 1.165) is 17.7 Å². The second-order valence-corrected chi connectivity index (χ2v) is 7.01. The lowest BCUT2D eigenvalue weighted by molar-refractivity contribution is 0.0223. The molecule has 2 saturated carbocycles. The van der Waals surface area contributed by atoms with E-state index in [-0.39, 0.29) is 5.91 Å². The van der Waals surface area contributed by atoms with Gasteiger partial charge >= 0.3 is 0 Å². The molecule has 0 saturated heterocycles. The first-order chi connectivity index (χ1) is 11.3. The van der Waals surface area contributed by atoms with Crippen LogP contribution in [0.3, 0.4) is 0 Å². The van der Waals surface area contributed by atoms with Gasteiger partial charge in [-0.3, -0.25) is 9.89 Å². The normalized spacial score (nSPS) is 22.5. The molecule has 0 radical (unpaired) electrons. The summed E-state index contributed by atoms with van der Waals surface area (Å²) in [6.45, 7) is 0. The molecular weight excluding hydrogens is 286 g/mol. The molecule has 1 spiro atoms. The predicted octanol–water partition coefficient (Wildman–Crippen LogP) is 3.92. The molecular formula is C19H23N3O. The Bertz CT molecular complexity index is 686. The fourth-order valence-corrected chi connectivity index (χ4v) is 4.30. The molecule has 2 aliphatic carbocycles. The van der Waals surface area contributed by atoms with Crippen molar-refractivity contribution in [2.45, 2.75) is 51.0 Å². The van der Waals surface area contributed by atoms with E-state index in [9.17, 15) is 4.79 Å². The van der Waals surface area contributed by atoms with Crippen LogP contribution >= 0.6 is 0 Å². The number of benzene rings is 1. The topological polar surface area (TPSA) is 57.8 Å². The van der Waals surface area contributed by atoms with Crippen LogP contribution in [-0.4, -0.2) is 22.1 Å². The fourth-order valence-electron chi connectivity index (χ4n) is 4.30. The highest BCUT2D eigenvalue weighted by atomic mass is 16.1. The molecule has 0 aliphatic heterocycles. The third-order valence-corrected chi connectivity index (χ3v) is 5.77. The quantitative estimate of drug-likeness (QED) is 0.903. The highest BCUT2D eigenvalue weighted by Crippen LogP contribution is 2.51. The average Bonchev–Trinajstić information content (AvgIpc) is 3.10. The molecule has 2 aromatic rings. The number of carbonyl (C=O) groups excluding carboxylic acids is 1. The summed E-state index contributed by atoms with van der Waals surface area (Å²) in [5.41, 5.74) is 2.83. The van der Waals surface area contributed by atoms with Crippen LogP contribution < -0.4 is 5.32 Å². The molecule has 4 rings (SSSR count). The first-order valence-corrected chi connectivity index (χ1v) is 8.68. The third kappa shape index (κ3) is 2.56. The number of aromatic nitrogens is 2. The minimum atomic E-state index is 0.00671. The van der Waals surface area contributed by atoms with Gasteiger partial charge in [-0.2, -0.15) is 5.10 Å². The number of amides is 1. The number of nitrogens with zero attached hydrogens (tertiary/aromatic N) is 1. The zero-order valence-corrected chi connectivity index (χ0v) is 13.3. The summed E-state index contributed by atoms with van der Waals surface area (Å²) in [5, 5.41) is 10.4. The van der Waals surface area contributed by atoms with E-state index < -0.39 is 0 Å². The van der Waals surface area contributed by atoms with Crippen LogP contribution in [0.2, 0.25) is 0 Å². The van der Waals surface area contributed by atoms with Crippen molar-refractivity contribution in [3.63, 3.8) is 0 Å². The Morgan fingerprint density at radius 1 is 1.13 bits per heavy atom. The first kappa shape index (κ1) is 14.5. The van der Waals surface area contributed by atoms with Crippen molar-refractivity contribution >= 4 is 5.91 Å². The van der Waals surface area contributed by atoms with E-state index >= 15 is 0 Å². The zero-order chi connectivity index (χ0) is 15.7. The number of nitrogens with one attached hydrogen (secondary N) is 2. The van der Waals surface area contributed by atoms with Crippen molar-refractivity contribution in [3.05, 3.63) is 42.1 Å². The molecule has 4 nitrogen and oxygen atoms in total. The van der Waals surface area contributed by atoms with Gasteiger partial charge in [0.2, 0.25) is 0 Å². The van der Waals surface area contributed by atoms with Gasteiger partial charge in [0.15, 0.2) is 0 Å². The number of H-pyrrole nitrogens is 1. The zero-order valence-electron chi connectivity index (χ0n) is 13.3. The van der Waals surface area contributed by atoms with Gasteiger partial charge < -0.3 is 5.32 Å². The molecule has 0 bridgehead atoms. The van der Waals surface area contributed by atoms with Crippen LogP contribution in [0.15, 0.2) is 36.5 Å². The highest BCUT2D eigenvalue weighted by molar-refractivity contribution is 6.00. The van der Waals surface area contributed by atoms with Crippen molar-refractivity contribution in [2.75, 3.05) is 0 Å². The smallest absolute Gasteiger partial charge is 0.255 e. The van der Waals surface area contributed by atoms with E-state index in [4.69, 9.17) is 0 Å². The van der Waals surface area contributed by atoms with E-state index in [1.165, 1.54) is 38.5 Å². The Morgan fingerprint density at radius 3 is 2.61 bits per heavy atom. The molecule has 120 valence electrons. The van der Waals surface area contributed by atoms with Crippen molar-refractivity contribution in [1.82, 2.24) is 15.5 Å². The summed E-state index contributed by atoms with van der Waals surface area (Å²) < 4.78 is 0. The van der Waals surface area contributed by atoms with Gasteiger partial charge in [-0.15, -0.1) is 0 Å². The standard InChI is InChI=1S/C19H23N3O/c23-18(21-16-9-12-19(16)10-5-2-6-11-19)15-13-20-22-17(15)14-7-3-1-4-8-14/h1,3-4,7-8,13,16H,2,5-6,9-12H2,(H,20,22)(H,21,23). The van der Waals surface area contributed by atoms with E-state index in [0.29, 0.717) is 17.0 Å². The number of aromatic amines is 1. The number of rotatable bonds is 3. The summed E-state index contributed by atoms with van der Waals surface area (Å²) in [7, 11) is 0. The van der Waals surface area contributed by atoms with Crippen LogP contribution in [0, 0.1) is 5.41 Å². The van der Waals surface area contributed by atoms with Crippen LogP contribution in [-0.2, 0) is 0 Å². The van der Waals surface area contributed by atoms with Crippen LogP contribution in [0.25, 0.3) is 11.3 Å². The van der Waals surface area contributed by atoms with Gasteiger partial charge in [-0.25, -0.2) is 0 Å². The van der Waals surface area contributed by atoms with Gasteiger partial charge in [0.1, 0.15) is 0 Å². The van der Waals surface area contributed by atoms with Crippen molar-refractivity contribution in [2.24, 2.45) is 5.41 Å². The number of hydrogen-bond acceptors (Lipinski definition) is 2. The molecule has 1 atom stereocenters. The Morgan fingerprint density at radius 2 is 1.91 bits per heavy atom. The molecule has 1 unspecified atom stereocenters. The maximum atomic E-state index is 12.8. The van der Waals surface area contributed by atoms with E-state index in [2.05, 4.69) is 15.5 Å². The molecule has 1 aromatic heterocycles. The highest BCUT2D eigenvalue weighted by Gasteiger charge is 2.47. The van der Waals surface area contributed by atoms with Gasteiger partial charge in [0.25, 0.3) is 5.91 Å². The largest absolute Gasteiger partial charge is 0.349 e. The molecule has 2 N–H and O–H groups in total. The van der Waals surface area contributed by atoms with E-state index in [1.807, 2.05) is 30.3 Å². The van der Waals surface area contributed by atoms with Crippen LogP contribution in [0.4, 0.5) is 0 Å². The lowest BCUT2D eigenvalue weighted by atomic mass is 9.57. The monoisotopic (exact) mass is 309 g/mol. The second-order valence-electron chi connectivity index (χ2n) is 7.01. The Labute approximate surface area is 136 Å². The van der Waals surface area contributed by atoms with Crippen LogP contribution in [0.1, 0.15) is 55.3 Å². The summed E-state index contributed by atoms with van der Waals surface area (Å²) in [4.78, 5) is 12.8. The molecule has 1 aromatic carbocycles. The van der Waals surface area contributed by atoms with Crippen LogP contribution in [0.5, 0.6) is 0 Å². The summed E-state index contributed by atoms with van der Waals surface area (Å²) in [5.74, 6) is 0.00671. The molecule has 23 heavy (non-hydrogen) atoms. The van der Waals surface area contributed by atoms with Gasteiger partial charge in [-0.05, 0) is 31.1 Å². The lowest BCUT2D eigenvalue weighted by Gasteiger charge is -2.52. The van der Waals surface area contributed by atoms with Crippen molar-refractivity contribution in [3.8, 4) is 11.3 Å². The summed E-state index contributed by atoms with van der Waals surface area (Å²) in [6, 6.07) is 10.3. The molecule has 2 fully saturated rings. The van der Waals surface area contributed by atoms with Gasteiger partial charge in [0, 0.05) is 11.6 Å². The van der Waals surface area contributed by atoms with Gasteiger partial charge in [0.05, 0.1) is 17.5 Å². The molecule has 1 amide bonds. The maximum Gasteiger partial charge on any atom is 0.255 e. The predicted molar refractivity (Wildman–Crippen MR) is 90.0 cm³/mol. The molecule has 4 heteroatoms. The Balaban J connectivity index is 1.51. The molecule has 1 heterocycles. The third-order valence-electron chi connectivity index (χ3n) is 5.77. The van der Waals surface area contributed by atoms with Crippen molar-refractivity contribution in [1.29, 1.82) is 0 Å². The Hall–Kier alpha value is -2.10. The lowest BCUT2D eigenvalue weighted by Crippen LogP contribution is -2.55. The maximum absolute atomic E-state index is 12.8. The van der Waals surface area contributed by atoms with E-state index in [1.54, 1.807) is 6.20 Å². The second kappa shape index (κ2) is 5.84. The first-order valence-electron chi connectivity index (χ1n) is 8.68. The minimum Gasteiger partial charge on any atom is -0.349 e. The Kier molecular flexibility index (Phi) is 3.68. The average molecular weight is 309 g/mol. The summed E-state index contributed by atoms with van der Waals surface area (Å²) in [6.07, 6.45) is 10.6.